The van der Waals surface area contributed by atoms with Gasteiger partial charge in [0.05, 0.1) is 5.38 Å². The molecule has 0 radical (unpaired) electrons. The molecule has 0 bridgehead atoms. The van der Waals surface area contributed by atoms with Crippen molar-refractivity contribution in [3.8, 4) is 0 Å². The second-order valence-corrected chi connectivity index (χ2v) is 6.25. The first kappa shape index (κ1) is 14.5. The van der Waals surface area contributed by atoms with Crippen LogP contribution >= 0.6 is 27.5 Å². The average Bonchev–Trinajstić information content (AvgIpc) is 2.32. The summed E-state index contributed by atoms with van der Waals surface area (Å²) in [6.07, 6.45) is 0.699. The van der Waals surface area contributed by atoms with Gasteiger partial charge in [0.2, 0.25) is 0 Å². The Labute approximate surface area is 126 Å². The van der Waals surface area contributed by atoms with Gasteiger partial charge in [-0.2, -0.15) is 0 Å². The van der Waals surface area contributed by atoms with Crippen molar-refractivity contribution in [3.63, 3.8) is 0 Å². The highest BCUT2D eigenvalue weighted by Crippen LogP contribution is 2.29. The molecule has 2 aromatic carbocycles. The summed E-state index contributed by atoms with van der Waals surface area (Å²) in [5.74, 6) is -0.268. The predicted octanol–water partition coefficient (Wildman–Crippen LogP) is 5.73. The van der Waals surface area contributed by atoms with Crippen LogP contribution in [0, 0.1) is 19.7 Å². The summed E-state index contributed by atoms with van der Waals surface area (Å²) >= 11 is 9.72. The molecule has 0 spiro atoms. The molecule has 19 heavy (non-hydrogen) atoms. The van der Waals surface area contributed by atoms with Crippen LogP contribution in [0.15, 0.2) is 40.9 Å². The first-order valence-electron chi connectivity index (χ1n) is 6.12. The van der Waals surface area contributed by atoms with Crippen LogP contribution in [0.3, 0.4) is 0 Å². The van der Waals surface area contributed by atoms with E-state index < -0.39 is 0 Å². The van der Waals surface area contributed by atoms with Crippen molar-refractivity contribution in [2.75, 3.05) is 0 Å². The quantitative estimate of drug-likeness (QED) is 0.626. The van der Waals surface area contributed by atoms with Crippen molar-refractivity contribution in [2.45, 2.75) is 25.6 Å². The number of hydrogen-bond acceptors (Lipinski definition) is 0. The van der Waals surface area contributed by atoms with Crippen LogP contribution in [0.1, 0.15) is 27.6 Å². The second-order valence-electron chi connectivity index (χ2n) is 4.80. The summed E-state index contributed by atoms with van der Waals surface area (Å²) in [7, 11) is 0. The van der Waals surface area contributed by atoms with E-state index in [1.807, 2.05) is 6.07 Å². The Hall–Kier alpha value is -0.860. The second kappa shape index (κ2) is 6.06. The third kappa shape index (κ3) is 3.80. The Balaban J connectivity index is 2.25. The van der Waals surface area contributed by atoms with Crippen LogP contribution in [-0.2, 0) is 6.42 Å². The normalized spacial score (nSPS) is 12.5. The van der Waals surface area contributed by atoms with Crippen LogP contribution in [0.5, 0.6) is 0 Å². The smallest absolute Gasteiger partial charge is 0.124 e. The van der Waals surface area contributed by atoms with E-state index in [-0.39, 0.29) is 11.2 Å². The zero-order chi connectivity index (χ0) is 14.0. The summed E-state index contributed by atoms with van der Waals surface area (Å²) < 4.78 is 14.1. The molecule has 0 aliphatic carbocycles. The van der Waals surface area contributed by atoms with Gasteiger partial charge in [0.15, 0.2) is 0 Å². The van der Waals surface area contributed by atoms with E-state index in [1.165, 1.54) is 28.8 Å². The lowest BCUT2D eigenvalue weighted by Crippen LogP contribution is -1.99. The molecule has 100 valence electrons. The Morgan fingerprint density at radius 2 is 1.89 bits per heavy atom. The van der Waals surface area contributed by atoms with Crippen LogP contribution in [0.25, 0.3) is 0 Å². The zero-order valence-corrected chi connectivity index (χ0v) is 13.2. The molecule has 0 fully saturated rings. The highest BCUT2D eigenvalue weighted by molar-refractivity contribution is 9.10. The van der Waals surface area contributed by atoms with E-state index in [1.54, 1.807) is 0 Å². The topological polar surface area (TPSA) is 0 Å². The molecule has 0 N–H and O–H groups in total. The lowest BCUT2D eigenvalue weighted by Gasteiger charge is -2.13. The van der Waals surface area contributed by atoms with E-state index in [9.17, 15) is 4.39 Å². The Kier molecular flexibility index (Phi) is 4.64. The number of halogens is 3. The van der Waals surface area contributed by atoms with Crippen molar-refractivity contribution >= 4 is 27.5 Å². The molecule has 1 unspecified atom stereocenters. The largest absolute Gasteiger partial charge is 0.207 e. The molecule has 2 rings (SSSR count). The average molecular weight is 342 g/mol. The summed E-state index contributed by atoms with van der Waals surface area (Å²) in [5, 5.41) is -0.229. The maximum atomic E-state index is 13.4. The lowest BCUT2D eigenvalue weighted by atomic mass is 9.98. The van der Waals surface area contributed by atoms with Crippen LogP contribution < -0.4 is 0 Å². The molecule has 0 aromatic heterocycles. The summed E-state index contributed by atoms with van der Waals surface area (Å²) in [4.78, 5) is 0. The number of benzene rings is 2. The van der Waals surface area contributed by atoms with Crippen molar-refractivity contribution in [1.82, 2.24) is 0 Å². The van der Waals surface area contributed by atoms with Gasteiger partial charge >= 0.3 is 0 Å². The van der Waals surface area contributed by atoms with Gasteiger partial charge in [0.1, 0.15) is 5.82 Å². The van der Waals surface area contributed by atoms with Gasteiger partial charge in [-0.3, -0.25) is 0 Å². The SMILES string of the molecule is Cc1ccc(C)c(CC(Cl)c2cc(F)cc(Br)c2)c1. The number of hydrogen-bond donors (Lipinski definition) is 0. The van der Waals surface area contributed by atoms with Crippen LogP contribution in [0.2, 0.25) is 0 Å². The van der Waals surface area contributed by atoms with Crippen molar-refractivity contribution in [1.29, 1.82) is 0 Å². The Morgan fingerprint density at radius 3 is 2.58 bits per heavy atom. The minimum Gasteiger partial charge on any atom is -0.207 e. The molecule has 3 heteroatoms. The van der Waals surface area contributed by atoms with Crippen molar-refractivity contribution in [2.24, 2.45) is 0 Å². The first-order chi connectivity index (χ1) is 8.95. The summed E-state index contributed by atoms with van der Waals surface area (Å²) in [6, 6.07) is 11.1. The van der Waals surface area contributed by atoms with Gasteiger partial charge < -0.3 is 0 Å². The first-order valence-corrected chi connectivity index (χ1v) is 7.35. The minimum atomic E-state index is -0.268. The highest BCUT2D eigenvalue weighted by atomic mass is 79.9. The van der Waals surface area contributed by atoms with Crippen LogP contribution in [-0.4, -0.2) is 0 Å². The highest BCUT2D eigenvalue weighted by Gasteiger charge is 2.12. The molecular formula is C16H15BrClF. The van der Waals surface area contributed by atoms with Gasteiger partial charge in [0, 0.05) is 4.47 Å². The third-order valence-electron chi connectivity index (χ3n) is 3.15. The number of aryl methyl sites for hydroxylation is 2. The molecule has 0 nitrogen and oxygen atoms in total. The molecule has 0 amide bonds. The number of alkyl halides is 1. The molecule has 0 aliphatic heterocycles. The molecule has 0 saturated heterocycles. The van der Waals surface area contributed by atoms with Gasteiger partial charge in [-0.25, -0.2) is 4.39 Å². The predicted molar refractivity (Wildman–Crippen MR) is 82.3 cm³/mol. The van der Waals surface area contributed by atoms with E-state index in [0.717, 1.165) is 5.56 Å². The molecule has 1 atom stereocenters. The molecular weight excluding hydrogens is 327 g/mol. The maximum Gasteiger partial charge on any atom is 0.124 e. The van der Waals surface area contributed by atoms with Gasteiger partial charge in [-0.1, -0.05) is 39.7 Å². The van der Waals surface area contributed by atoms with Gasteiger partial charge in [-0.05, 0) is 55.2 Å². The molecule has 0 aliphatic rings. The molecule has 2 aromatic rings. The molecule has 0 heterocycles. The van der Waals surface area contributed by atoms with E-state index in [4.69, 9.17) is 11.6 Å². The maximum absolute atomic E-state index is 13.4. The fourth-order valence-electron chi connectivity index (χ4n) is 2.09. The van der Waals surface area contributed by atoms with Gasteiger partial charge in [-0.15, -0.1) is 11.6 Å². The Bertz CT molecular complexity index is 575. The standard InChI is InChI=1S/C16H15BrClF/c1-10-3-4-11(2)12(5-10)8-16(18)13-6-14(17)9-15(19)7-13/h3-7,9,16H,8H2,1-2H3. The van der Waals surface area contributed by atoms with Crippen molar-refractivity contribution < 1.29 is 4.39 Å². The monoisotopic (exact) mass is 340 g/mol. The van der Waals surface area contributed by atoms with E-state index in [2.05, 4.69) is 48.0 Å². The number of rotatable bonds is 3. The summed E-state index contributed by atoms with van der Waals surface area (Å²) in [5.41, 5.74) is 4.44. The Morgan fingerprint density at radius 1 is 1.16 bits per heavy atom. The third-order valence-corrected chi connectivity index (χ3v) is 4.01. The molecule has 0 saturated carbocycles. The fourth-order valence-corrected chi connectivity index (χ4v) is 2.86. The fraction of sp³-hybridized carbons (Fsp3) is 0.250. The van der Waals surface area contributed by atoms with E-state index in [0.29, 0.717) is 10.9 Å². The van der Waals surface area contributed by atoms with Crippen molar-refractivity contribution in [3.05, 3.63) is 68.9 Å². The minimum absolute atomic E-state index is 0.229. The zero-order valence-electron chi connectivity index (χ0n) is 10.9. The van der Waals surface area contributed by atoms with Crippen LogP contribution in [0.4, 0.5) is 4.39 Å². The van der Waals surface area contributed by atoms with E-state index >= 15 is 0 Å². The summed E-state index contributed by atoms with van der Waals surface area (Å²) in [6.45, 7) is 4.13. The van der Waals surface area contributed by atoms with Gasteiger partial charge in [0.25, 0.3) is 0 Å². The lowest BCUT2D eigenvalue weighted by molar-refractivity contribution is 0.623.